The smallest absolute Gasteiger partial charge is 0.338 e. The summed E-state index contributed by atoms with van der Waals surface area (Å²) in [6, 6.07) is 11.6. The first-order chi connectivity index (χ1) is 12.8. The van der Waals surface area contributed by atoms with E-state index in [1.807, 2.05) is 0 Å². The maximum Gasteiger partial charge on any atom is 0.338 e. The van der Waals surface area contributed by atoms with E-state index in [2.05, 4.69) is 5.32 Å². The molecule has 2 aromatic rings. The predicted octanol–water partition coefficient (Wildman–Crippen LogP) is 5.36. The molecule has 2 rings (SSSR count). The third kappa shape index (κ3) is 7.12. The molecule has 0 aliphatic heterocycles. The Balaban J connectivity index is 1.79. The summed E-state index contributed by atoms with van der Waals surface area (Å²) < 4.78 is 10.7. The molecule has 0 saturated heterocycles. The van der Waals surface area contributed by atoms with Crippen LogP contribution in [0.15, 0.2) is 42.5 Å². The fourth-order valence-corrected chi connectivity index (χ4v) is 2.70. The van der Waals surface area contributed by atoms with Crippen molar-refractivity contribution in [2.75, 3.05) is 11.9 Å². The van der Waals surface area contributed by atoms with Crippen molar-refractivity contribution in [2.24, 2.45) is 0 Å². The van der Waals surface area contributed by atoms with Crippen LogP contribution < -0.4 is 10.1 Å². The average Bonchev–Trinajstić information content (AvgIpc) is 2.60. The van der Waals surface area contributed by atoms with Crippen LogP contribution >= 0.6 is 23.2 Å². The van der Waals surface area contributed by atoms with Gasteiger partial charge in [-0.1, -0.05) is 29.3 Å². The number of carbonyl (C=O) groups is 2. The molecule has 0 fully saturated rings. The van der Waals surface area contributed by atoms with E-state index in [4.69, 9.17) is 32.7 Å². The van der Waals surface area contributed by atoms with E-state index in [-0.39, 0.29) is 18.4 Å². The van der Waals surface area contributed by atoms with Crippen LogP contribution in [-0.4, -0.2) is 24.6 Å². The lowest BCUT2D eigenvalue weighted by Crippen LogP contribution is -2.14. The minimum Gasteiger partial charge on any atom is -0.492 e. The minimum absolute atomic E-state index is 0.171. The summed E-state index contributed by atoms with van der Waals surface area (Å²) in [5.74, 6) is -0.0673. The standard InChI is InChI=1S/C20H21Cl2NO4/c1-13(2)27-20(25)14-5-3-6-16(11-14)23-19(24)7-4-10-26-18-9-8-15(21)12-17(18)22/h3,5-6,8-9,11-13H,4,7,10H2,1-2H3,(H,23,24). The number of halogens is 2. The first kappa shape index (κ1) is 21.1. The number of carbonyl (C=O) groups excluding carboxylic acids is 2. The molecule has 2 aromatic carbocycles. The summed E-state index contributed by atoms with van der Waals surface area (Å²) in [4.78, 5) is 24.0. The SMILES string of the molecule is CC(C)OC(=O)c1cccc(NC(=O)CCCOc2ccc(Cl)cc2Cl)c1. The van der Waals surface area contributed by atoms with Gasteiger partial charge in [-0.3, -0.25) is 4.79 Å². The van der Waals surface area contributed by atoms with Crippen molar-refractivity contribution in [1.82, 2.24) is 0 Å². The van der Waals surface area contributed by atoms with Crippen LogP contribution in [0.4, 0.5) is 5.69 Å². The number of nitrogens with one attached hydrogen (secondary N) is 1. The number of rotatable bonds is 8. The number of amides is 1. The molecule has 0 aromatic heterocycles. The Morgan fingerprint density at radius 2 is 1.89 bits per heavy atom. The van der Waals surface area contributed by atoms with E-state index in [0.29, 0.717) is 40.1 Å². The molecule has 5 nitrogen and oxygen atoms in total. The third-order valence-electron chi connectivity index (χ3n) is 3.42. The van der Waals surface area contributed by atoms with E-state index < -0.39 is 5.97 Å². The van der Waals surface area contributed by atoms with Crippen molar-refractivity contribution in [3.05, 3.63) is 58.1 Å². The number of anilines is 1. The van der Waals surface area contributed by atoms with Crippen LogP contribution in [0.2, 0.25) is 10.0 Å². The Morgan fingerprint density at radius 3 is 2.59 bits per heavy atom. The molecule has 0 unspecified atom stereocenters. The van der Waals surface area contributed by atoms with Crippen molar-refractivity contribution >= 4 is 40.8 Å². The third-order valence-corrected chi connectivity index (χ3v) is 3.95. The van der Waals surface area contributed by atoms with Crippen molar-refractivity contribution in [1.29, 1.82) is 0 Å². The molecule has 0 saturated carbocycles. The Bertz CT molecular complexity index is 808. The molecule has 27 heavy (non-hydrogen) atoms. The van der Waals surface area contributed by atoms with Gasteiger partial charge in [0, 0.05) is 17.1 Å². The first-order valence-corrected chi connectivity index (χ1v) is 9.29. The maximum absolute atomic E-state index is 12.1. The maximum atomic E-state index is 12.1. The number of benzene rings is 2. The van der Waals surface area contributed by atoms with Gasteiger partial charge in [-0.25, -0.2) is 4.79 Å². The fraction of sp³-hybridized carbons (Fsp3) is 0.300. The molecule has 0 bridgehead atoms. The lowest BCUT2D eigenvalue weighted by molar-refractivity contribution is -0.116. The summed E-state index contributed by atoms with van der Waals surface area (Å²) >= 11 is 11.9. The van der Waals surface area contributed by atoms with E-state index in [1.165, 1.54) is 0 Å². The van der Waals surface area contributed by atoms with Gasteiger partial charge in [-0.2, -0.15) is 0 Å². The van der Waals surface area contributed by atoms with Gasteiger partial charge < -0.3 is 14.8 Å². The topological polar surface area (TPSA) is 64.6 Å². The molecule has 0 aliphatic rings. The molecule has 1 amide bonds. The van der Waals surface area contributed by atoms with E-state index in [9.17, 15) is 9.59 Å². The lowest BCUT2D eigenvalue weighted by Gasteiger charge is -2.10. The highest BCUT2D eigenvalue weighted by molar-refractivity contribution is 6.35. The second-order valence-corrected chi connectivity index (χ2v) is 6.95. The zero-order valence-electron chi connectivity index (χ0n) is 15.1. The van der Waals surface area contributed by atoms with Gasteiger partial charge in [0.2, 0.25) is 5.91 Å². The van der Waals surface area contributed by atoms with Crippen LogP contribution in [0.25, 0.3) is 0 Å². The molecular weight excluding hydrogens is 389 g/mol. The molecule has 0 spiro atoms. The Labute approximate surface area is 168 Å². The highest BCUT2D eigenvalue weighted by Crippen LogP contribution is 2.27. The van der Waals surface area contributed by atoms with Gasteiger partial charge in [-0.05, 0) is 56.7 Å². The normalized spacial score (nSPS) is 10.6. The summed E-state index contributed by atoms with van der Waals surface area (Å²) in [7, 11) is 0. The second kappa shape index (κ2) is 10.2. The molecule has 0 atom stereocenters. The Kier molecular flexibility index (Phi) is 7.95. The Morgan fingerprint density at radius 1 is 1.11 bits per heavy atom. The summed E-state index contributed by atoms with van der Waals surface area (Å²) in [6.45, 7) is 3.90. The zero-order chi connectivity index (χ0) is 19.8. The molecular formula is C20H21Cl2NO4. The highest BCUT2D eigenvalue weighted by Gasteiger charge is 2.11. The van der Waals surface area contributed by atoms with Gasteiger partial charge in [0.05, 0.1) is 23.3 Å². The van der Waals surface area contributed by atoms with Crippen LogP contribution in [0.1, 0.15) is 37.0 Å². The summed E-state index contributed by atoms with van der Waals surface area (Å²) in [5.41, 5.74) is 0.932. The van der Waals surface area contributed by atoms with Gasteiger partial charge in [-0.15, -0.1) is 0 Å². The van der Waals surface area contributed by atoms with Gasteiger partial charge in [0.15, 0.2) is 0 Å². The van der Waals surface area contributed by atoms with Gasteiger partial charge >= 0.3 is 5.97 Å². The summed E-state index contributed by atoms with van der Waals surface area (Å²) in [5, 5.41) is 3.72. The van der Waals surface area contributed by atoms with Crippen molar-refractivity contribution in [3.63, 3.8) is 0 Å². The van der Waals surface area contributed by atoms with Crippen LogP contribution in [0.3, 0.4) is 0 Å². The number of hydrogen-bond acceptors (Lipinski definition) is 4. The lowest BCUT2D eigenvalue weighted by atomic mass is 10.2. The molecule has 144 valence electrons. The fourth-order valence-electron chi connectivity index (χ4n) is 2.24. The summed E-state index contributed by atoms with van der Waals surface area (Å²) in [6.07, 6.45) is 0.580. The monoisotopic (exact) mass is 409 g/mol. The van der Waals surface area contributed by atoms with E-state index >= 15 is 0 Å². The first-order valence-electron chi connectivity index (χ1n) is 8.54. The van der Waals surface area contributed by atoms with E-state index in [0.717, 1.165) is 0 Å². The minimum atomic E-state index is -0.422. The number of esters is 1. The number of hydrogen-bond donors (Lipinski definition) is 1. The molecule has 0 radical (unpaired) electrons. The second-order valence-electron chi connectivity index (χ2n) is 6.11. The van der Waals surface area contributed by atoms with Crippen LogP contribution in [-0.2, 0) is 9.53 Å². The van der Waals surface area contributed by atoms with Crippen molar-refractivity contribution < 1.29 is 19.1 Å². The van der Waals surface area contributed by atoms with Crippen LogP contribution in [0.5, 0.6) is 5.75 Å². The van der Waals surface area contributed by atoms with E-state index in [1.54, 1.807) is 56.3 Å². The zero-order valence-corrected chi connectivity index (χ0v) is 16.6. The van der Waals surface area contributed by atoms with Gasteiger partial charge in [0.1, 0.15) is 5.75 Å². The van der Waals surface area contributed by atoms with Gasteiger partial charge in [0.25, 0.3) is 0 Å². The number of ether oxygens (including phenoxy) is 2. The molecule has 7 heteroatoms. The largest absolute Gasteiger partial charge is 0.492 e. The molecule has 0 heterocycles. The predicted molar refractivity (Wildman–Crippen MR) is 107 cm³/mol. The molecule has 1 N–H and O–H groups in total. The van der Waals surface area contributed by atoms with Crippen molar-refractivity contribution in [2.45, 2.75) is 32.8 Å². The quantitative estimate of drug-likeness (QED) is 0.470. The van der Waals surface area contributed by atoms with Crippen molar-refractivity contribution in [3.8, 4) is 5.75 Å². The van der Waals surface area contributed by atoms with Crippen LogP contribution in [0, 0.1) is 0 Å². The highest BCUT2D eigenvalue weighted by atomic mass is 35.5. The molecule has 0 aliphatic carbocycles. The Hall–Kier alpha value is -2.24. The average molecular weight is 410 g/mol.